The lowest BCUT2D eigenvalue weighted by Crippen LogP contribution is -2.23. The Hall–Kier alpha value is -1.39. The Kier molecular flexibility index (Phi) is 5.31. The van der Waals surface area contributed by atoms with Gasteiger partial charge in [0.1, 0.15) is 0 Å². The molecule has 0 saturated heterocycles. The molecule has 0 fully saturated rings. The van der Waals surface area contributed by atoms with Crippen LogP contribution in [-0.4, -0.2) is 24.7 Å². The predicted octanol–water partition coefficient (Wildman–Crippen LogP) is 1.57. The Morgan fingerprint density at radius 3 is 2.44 bits per heavy atom. The minimum absolute atomic E-state index is 0.0246. The van der Waals surface area contributed by atoms with Gasteiger partial charge in [0.05, 0.1) is 12.2 Å². The number of benzene rings is 1. The summed E-state index contributed by atoms with van der Waals surface area (Å²) in [7, 11) is 1.57. The zero-order chi connectivity index (χ0) is 13.6. The summed E-state index contributed by atoms with van der Waals surface area (Å²) >= 11 is 0. The lowest BCUT2D eigenvalue weighted by Gasteiger charge is -2.17. The molecule has 0 bridgehead atoms. The smallest absolute Gasteiger partial charge is 0.222 e. The number of amides is 1. The van der Waals surface area contributed by atoms with Crippen LogP contribution in [0, 0.1) is 0 Å². The number of hydrogen-bond acceptors (Lipinski definition) is 3. The molecule has 0 aliphatic rings. The number of hydrogen-bond donors (Lipinski definition) is 2. The van der Waals surface area contributed by atoms with Gasteiger partial charge in [-0.1, -0.05) is 24.3 Å². The number of carbonyl (C=O) groups excluding carboxylic acids is 1. The predicted molar refractivity (Wildman–Crippen MR) is 70.0 cm³/mol. The molecule has 18 heavy (non-hydrogen) atoms. The minimum atomic E-state index is -0.833. The number of nitrogens with one attached hydrogen (secondary N) is 1. The first kappa shape index (κ1) is 14.7. The molecular weight excluding hydrogens is 230 g/mol. The van der Waals surface area contributed by atoms with E-state index in [0.29, 0.717) is 19.6 Å². The molecule has 1 aromatic rings. The molecule has 0 heterocycles. The van der Waals surface area contributed by atoms with Crippen molar-refractivity contribution >= 4 is 5.91 Å². The van der Waals surface area contributed by atoms with Crippen LogP contribution in [0.2, 0.25) is 0 Å². The third-order valence-corrected chi connectivity index (χ3v) is 2.68. The Morgan fingerprint density at radius 1 is 1.33 bits per heavy atom. The van der Waals surface area contributed by atoms with Crippen molar-refractivity contribution in [3.8, 4) is 0 Å². The minimum Gasteiger partial charge on any atom is -0.386 e. The van der Waals surface area contributed by atoms with Gasteiger partial charge >= 0.3 is 0 Å². The number of methoxy groups -OCH3 is 1. The van der Waals surface area contributed by atoms with Crippen LogP contribution < -0.4 is 5.32 Å². The highest BCUT2D eigenvalue weighted by molar-refractivity contribution is 5.75. The Labute approximate surface area is 108 Å². The first-order valence-corrected chi connectivity index (χ1v) is 6.01. The normalized spacial score (nSPS) is 11.3. The summed E-state index contributed by atoms with van der Waals surface area (Å²) in [4.78, 5) is 11.4. The molecule has 0 aliphatic heterocycles. The maximum Gasteiger partial charge on any atom is 0.222 e. The van der Waals surface area contributed by atoms with Crippen LogP contribution in [0.25, 0.3) is 0 Å². The van der Waals surface area contributed by atoms with Crippen LogP contribution in [0.1, 0.15) is 31.4 Å². The van der Waals surface area contributed by atoms with Gasteiger partial charge in [-0.15, -0.1) is 0 Å². The summed E-state index contributed by atoms with van der Waals surface area (Å²) in [6.07, 6.45) is 0.373. The van der Waals surface area contributed by atoms with Crippen molar-refractivity contribution in [1.29, 1.82) is 0 Å². The van der Waals surface area contributed by atoms with E-state index in [1.807, 2.05) is 24.3 Å². The molecule has 0 spiro atoms. The quantitative estimate of drug-likeness (QED) is 0.806. The molecule has 0 saturated carbocycles. The average Bonchev–Trinajstić information content (AvgIpc) is 2.33. The van der Waals surface area contributed by atoms with Gasteiger partial charge in [-0.2, -0.15) is 0 Å². The van der Waals surface area contributed by atoms with Crippen molar-refractivity contribution in [3.63, 3.8) is 0 Å². The second-order valence-electron chi connectivity index (χ2n) is 4.78. The van der Waals surface area contributed by atoms with Crippen molar-refractivity contribution in [2.45, 2.75) is 32.4 Å². The summed E-state index contributed by atoms with van der Waals surface area (Å²) in [5.74, 6) is -0.0246. The molecule has 0 unspecified atom stereocenters. The maximum absolute atomic E-state index is 11.4. The summed E-state index contributed by atoms with van der Waals surface area (Å²) in [6, 6.07) is 7.56. The van der Waals surface area contributed by atoms with Crippen LogP contribution in [0.15, 0.2) is 24.3 Å². The van der Waals surface area contributed by atoms with Crippen molar-refractivity contribution in [2.75, 3.05) is 13.7 Å². The largest absolute Gasteiger partial charge is 0.386 e. The molecule has 0 aliphatic carbocycles. The van der Waals surface area contributed by atoms with E-state index in [9.17, 15) is 9.90 Å². The number of carbonyl (C=O) groups is 1. The van der Waals surface area contributed by atoms with E-state index in [2.05, 4.69) is 5.32 Å². The second kappa shape index (κ2) is 6.52. The summed E-state index contributed by atoms with van der Waals surface area (Å²) in [5, 5.41) is 12.6. The van der Waals surface area contributed by atoms with E-state index in [1.165, 1.54) is 0 Å². The third kappa shape index (κ3) is 4.85. The van der Waals surface area contributed by atoms with E-state index in [1.54, 1.807) is 21.0 Å². The summed E-state index contributed by atoms with van der Waals surface area (Å²) in [5.41, 5.74) is 1.03. The zero-order valence-electron chi connectivity index (χ0n) is 11.2. The molecule has 0 radical (unpaired) electrons. The molecule has 1 rings (SSSR count). The molecule has 1 amide bonds. The number of aliphatic hydroxyl groups is 1. The monoisotopic (exact) mass is 251 g/mol. The van der Waals surface area contributed by atoms with Crippen LogP contribution in [0.5, 0.6) is 0 Å². The molecule has 4 heteroatoms. The standard InChI is InChI=1S/C14H21NO3/c1-14(2,17)12-6-4-11(5-7-12)10-15-13(16)8-9-18-3/h4-7,17H,8-10H2,1-3H3,(H,15,16). The highest BCUT2D eigenvalue weighted by Gasteiger charge is 2.14. The van der Waals surface area contributed by atoms with E-state index < -0.39 is 5.60 Å². The third-order valence-electron chi connectivity index (χ3n) is 2.68. The van der Waals surface area contributed by atoms with Crippen molar-refractivity contribution in [3.05, 3.63) is 35.4 Å². The van der Waals surface area contributed by atoms with Crippen LogP contribution >= 0.6 is 0 Å². The molecule has 0 aromatic heterocycles. The molecular formula is C14H21NO3. The first-order valence-electron chi connectivity index (χ1n) is 6.01. The fourth-order valence-corrected chi connectivity index (χ4v) is 1.51. The molecule has 100 valence electrons. The fraction of sp³-hybridized carbons (Fsp3) is 0.500. The zero-order valence-corrected chi connectivity index (χ0v) is 11.2. The van der Waals surface area contributed by atoms with Crippen molar-refractivity contribution < 1.29 is 14.6 Å². The van der Waals surface area contributed by atoms with Crippen molar-refractivity contribution in [1.82, 2.24) is 5.32 Å². The number of rotatable bonds is 6. The van der Waals surface area contributed by atoms with Gasteiger partial charge in [-0.05, 0) is 25.0 Å². The van der Waals surface area contributed by atoms with E-state index in [-0.39, 0.29) is 5.91 Å². The van der Waals surface area contributed by atoms with Crippen LogP contribution in [-0.2, 0) is 21.7 Å². The summed E-state index contributed by atoms with van der Waals surface area (Å²) in [6.45, 7) is 4.42. The van der Waals surface area contributed by atoms with E-state index >= 15 is 0 Å². The van der Waals surface area contributed by atoms with Crippen LogP contribution in [0.3, 0.4) is 0 Å². The van der Waals surface area contributed by atoms with Gasteiger partial charge in [0.2, 0.25) is 5.91 Å². The van der Waals surface area contributed by atoms with Gasteiger partial charge in [-0.3, -0.25) is 4.79 Å². The highest BCUT2D eigenvalue weighted by Crippen LogP contribution is 2.19. The fourth-order valence-electron chi connectivity index (χ4n) is 1.51. The van der Waals surface area contributed by atoms with E-state index in [4.69, 9.17) is 4.74 Å². The molecule has 1 aromatic carbocycles. The SMILES string of the molecule is COCCC(=O)NCc1ccc(C(C)(C)O)cc1. The van der Waals surface area contributed by atoms with Crippen LogP contribution in [0.4, 0.5) is 0 Å². The second-order valence-corrected chi connectivity index (χ2v) is 4.78. The molecule has 2 N–H and O–H groups in total. The van der Waals surface area contributed by atoms with Gasteiger partial charge < -0.3 is 15.2 Å². The van der Waals surface area contributed by atoms with Gasteiger partial charge in [0.15, 0.2) is 0 Å². The van der Waals surface area contributed by atoms with Gasteiger partial charge in [0, 0.05) is 20.1 Å². The lowest BCUT2D eigenvalue weighted by atomic mass is 9.97. The van der Waals surface area contributed by atoms with E-state index in [0.717, 1.165) is 11.1 Å². The summed E-state index contributed by atoms with van der Waals surface area (Å²) < 4.78 is 4.83. The van der Waals surface area contributed by atoms with Gasteiger partial charge in [-0.25, -0.2) is 0 Å². The Bertz CT molecular complexity index is 379. The van der Waals surface area contributed by atoms with Crippen molar-refractivity contribution in [2.24, 2.45) is 0 Å². The van der Waals surface area contributed by atoms with Gasteiger partial charge in [0.25, 0.3) is 0 Å². The Balaban J connectivity index is 2.47. The molecule has 4 nitrogen and oxygen atoms in total. The number of ether oxygens (including phenoxy) is 1. The highest BCUT2D eigenvalue weighted by atomic mass is 16.5. The molecule has 0 atom stereocenters. The first-order chi connectivity index (χ1) is 8.43. The average molecular weight is 251 g/mol. The topological polar surface area (TPSA) is 58.6 Å². The lowest BCUT2D eigenvalue weighted by molar-refractivity contribution is -0.122. The maximum atomic E-state index is 11.4. The Morgan fingerprint density at radius 2 is 1.94 bits per heavy atom.